The topological polar surface area (TPSA) is 46.6 Å². The zero-order valence-corrected chi connectivity index (χ0v) is 13.9. The molecule has 2 rings (SSSR count). The smallest absolute Gasteiger partial charge is 0.246 e. The molecule has 130 valence electrons. The predicted octanol–water partition coefficient (Wildman–Crippen LogP) is 3.32. The van der Waals surface area contributed by atoms with Crippen LogP contribution >= 0.6 is 0 Å². The molecule has 0 aliphatic heterocycles. The second-order valence-corrected chi connectivity index (χ2v) is 6.88. The lowest BCUT2D eigenvalue weighted by atomic mass is 10.2. The summed E-state index contributed by atoms with van der Waals surface area (Å²) < 4.78 is 71.4. The summed E-state index contributed by atoms with van der Waals surface area (Å²) in [5.74, 6) is -2.63. The van der Waals surface area contributed by atoms with Gasteiger partial charge < -0.3 is 4.74 Å². The number of hydrogen-bond acceptors (Lipinski definition) is 3. The van der Waals surface area contributed by atoms with E-state index in [1.54, 1.807) is 6.92 Å². The first kappa shape index (κ1) is 18.3. The van der Waals surface area contributed by atoms with E-state index in [9.17, 15) is 21.6 Å². The van der Waals surface area contributed by atoms with Crippen molar-refractivity contribution in [1.29, 1.82) is 0 Å². The van der Waals surface area contributed by atoms with Gasteiger partial charge in [-0.1, -0.05) is 13.0 Å². The molecule has 0 bridgehead atoms. The Bertz CT molecular complexity index is 840. The van der Waals surface area contributed by atoms with Gasteiger partial charge >= 0.3 is 0 Å². The zero-order chi connectivity index (χ0) is 17.9. The second kappa shape index (κ2) is 7.23. The minimum atomic E-state index is -4.19. The van der Waals surface area contributed by atoms with E-state index < -0.39 is 32.4 Å². The average molecular weight is 359 g/mol. The van der Waals surface area contributed by atoms with E-state index >= 15 is 0 Å². The molecule has 2 aromatic carbocycles. The fraction of sp³-hybridized carbons (Fsp3) is 0.250. The number of benzene rings is 2. The van der Waals surface area contributed by atoms with Gasteiger partial charge in [0.1, 0.15) is 16.5 Å². The van der Waals surface area contributed by atoms with Gasteiger partial charge in [0.15, 0.2) is 11.6 Å². The van der Waals surface area contributed by atoms with E-state index in [0.29, 0.717) is 11.6 Å². The minimum Gasteiger partial charge on any atom is -0.494 e. The van der Waals surface area contributed by atoms with Gasteiger partial charge in [0.2, 0.25) is 10.0 Å². The third-order valence-electron chi connectivity index (χ3n) is 3.44. The second-order valence-electron chi connectivity index (χ2n) is 4.97. The largest absolute Gasteiger partial charge is 0.494 e. The molecule has 0 N–H and O–H groups in total. The number of methoxy groups -OCH3 is 1. The summed E-state index contributed by atoms with van der Waals surface area (Å²) in [6, 6.07) is 6.30. The highest BCUT2D eigenvalue weighted by Gasteiger charge is 2.27. The van der Waals surface area contributed by atoms with Crippen molar-refractivity contribution in [2.75, 3.05) is 13.7 Å². The number of rotatable bonds is 6. The maximum absolute atomic E-state index is 13.8. The van der Waals surface area contributed by atoms with Crippen molar-refractivity contribution in [3.8, 4) is 5.75 Å². The lowest BCUT2D eigenvalue weighted by molar-refractivity contribution is 0.384. The molecule has 0 heterocycles. The summed E-state index contributed by atoms with van der Waals surface area (Å²) in [4.78, 5) is -0.625. The van der Waals surface area contributed by atoms with Crippen LogP contribution in [0.25, 0.3) is 0 Å². The standard InChI is InChI=1S/C16H16F3NO3S/c1-3-20(10-11-4-6-15(23-2)13(18)8-11)24(21,22)16-7-5-12(17)9-14(16)19/h4-9H,3,10H2,1-2H3. The molecule has 0 atom stereocenters. The van der Waals surface area contributed by atoms with Gasteiger partial charge in [-0.3, -0.25) is 0 Å². The van der Waals surface area contributed by atoms with Gasteiger partial charge in [-0.15, -0.1) is 0 Å². The Morgan fingerprint density at radius 2 is 1.75 bits per heavy atom. The van der Waals surface area contributed by atoms with Crippen LogP contribution < -0.4 is 4.74 Å². The average Bonchev–Trinajstić information content (AvgIpc) is 2.52. The maximum atomic E-state index is 13.8. The van der Waals surface area contributed by atoms with Crippen molar-refractivity contribution in [3.05, 3.63) is 59.4 Å². The first-order chi connectivity index (χ1) is 11.3. The summed E-state index contributed by atoms with van der Waals surface area (Å²) in [5.41, 5.74) is 0.376. The molecule has 0 unspecified atom stereocenters. The molecular formula is C16H16F3NO3S. The maximum Gasteiger partial charge on any atom is 0.246 e. The molecule has 8 heteroatoms. The lowest BCUT2D eigenvalue weighted by Crippen LogP contribution is -2.31. The van der Waals surface area contributed by atoms with Crippen LogP contribution in [0.3, 0.4) is 0 Å². The Balaban J connectivity index is 2.34. The molecule has 2 aromatic rings. The van der Waals surface area contributed by atoms with Crippen LogP contribution in [-0.4, -0.2) is 26.4 Å². The van der Waals surface area contributed by atoms with Crippen LogP contribution in [-0.2, 0) is 16.6 Å². The molecular weight excluding hydrogens is 343 g/mol. The number of halogens is 3. The number of nitrogens with zero attached hydrogens (tertiary/aromatic N) is 1. The fourth-order valence-corrected chi connectivity index (χ4v) is 3.68. The molecule has 4 nitrogen and oxygen atoms in total. The monoisotopic (exact) mass is 359 g/mol. The molecule has 0 fully saturated rings. The van der Waals surface area contributed by atoms with Crippen molar-refractivity contribution in [3.63, 3.8) is 0 Å². The first-order valence-electron chi connectivity index (χ1n) is 7.07. The van der Waals surface area contributed by atoms with E-state index in [-0.39, 0.29) is 18.8 Å². The predicted molar refractivity (Wildman–Crippen MR) is 82.6 cm³/mol. The summed E-state index contributed by atoms with van der Waals surface area (Å²) >= 11 is 0. The van der Waals surface area contributed by atoms with Gasteiger partial charge in [-0.25, -0.2) is 21.6 Å². The Labute approximate surface area is 138 Å². The van der Waals surface area contributed by atoms with Crippen molar-refractivity contribution in [2.24, 2.45) is 0 Å². The Kier molecular flexibility index (Phi) is 5.51. The van der Waals surface area contributed by atoms with Gasteiger partial charge in [-0.2, -0.15) is 4.31 Å². The van der Waals surface area contributed by atoms with Crippen molar-refractivity contribution >= 4 is 10.0 Å². The number of hydrogen-bond donors (Lipinski definition) is 0. The Hall–Kier alpha value is -2.06. The van der Waals surface area contributed by atoms with E-state index in [0.717, 1.165) is 22.5 Å². The van der Waals surface area contributed by atoms with Crippen molar-refractivity contribution < 1.29 is 26.3 Å². The normalized spacial score (nSPS) is 11.8. The van der Waals surface area contributed by atoms with Gasteiger partial charge in [0.05, 0.1) is 7.11 Å². The van der Waals surface area contributed by atoms with E-state index in [4.69, 9.17) is 4.74 Å². The molecule has 0 saturated carbocycles. The molecule has 0 aromatic heterocycles. The first-order valence-corrected chi connectivity index (χ1v) is 8.51. The number of sulfonamides is 1. The molecule has 0 aliphatic rings. The van der Waals surface area contributed by atoms with Crippen LogP contribution in [0.1, 0.15) is 12.5 Å². The lowest BCUT2D eigenvalue weighted by Gasteiger charge is -2.21. The van der Waals surface area contributed by atoms with Crippen LogP contribution in [0.5, 0.6) is 5.75 Å². The summed E-state index contributed by atoms with van der Waals surface area (Å²) in [6.07, 6.45) is 0. The quantitative estimate of drug-likeness (QED) is 0.795. The van der Waals surface area contributed by atoms with E-state index in [1.807, 2.05) is 0 Å². The van der Waals surface area contributed by atoms with Gasteiger partial charge in [0.25, 0.3) is 0 Å². The molecule has 0 aliphatic carbocycles. The molecule has 0 saturated heterocycles. The van der Waals surface area contributed by atoms with Gasteiger partial charge in [-0.05, 0) is 29.8 Å². The van der Waals surface area contributed by atoms with Crippen LogP contribution in [0.15, 0.2) is 41.3 Å². The molecule has 0 amide bonds. The van der Waals surface area contributed by atoms with Crippen LogP contribution in [0.2, 0.25) is 0 Å². The SMILES string of the molecule is CCN(Cc1ccc(OC)c(F)c1)S(=O)(=O)c1ccc(F)cc1F. The van der Waals surface area contributed by atoms with E-state index in [1.165, 1.54) is 19.2 Å². The molecule has 24 heavy (non-hydrogen) atoms. The van der Waals surface area contributed by atoms with Gasteiger partial charge in [0, 0.05) is 19.2 Å². The third-order valence-corrected chi connectivity index (χ3v) is 5.39. The zero-order valence-electron chi connectivity index (χ0n) is 13.1. The summed E-state index contributed by atoms with van der Waals surface area (Å²) in [6.45, 7) is 1.45. The molecule has 0 radical (unpaired) electrons. The third kappa shape index (κ3) is 3.70. The Morgan fingerprint density at radius 3 is 2.29 bits per heavy atom. The summed E-state index contributed by atoms with van der Waals surface area (Å²) in [5, 5.41) is 0. The van der Waals surface area contributed by atoms with E-state index in [2.05, 4.69) is 0 Å². The number of ether oxygens (including phenoxy) is 1. The highest BCUT2D eigenvalue weighted by Crippen LogP contribution is 2.24. The highest BCUT2D eigenvalue weighted by molar-refractivity contribution is 7.89. The van der Waals surface area contributed by atoms with Crippen molar-refractivity contribution in [2.45, 2.75) is 18.4 Å². The van der Waals surface area contributed by atoms with Crippen LogP contribution in [0, 0.1) is 17.5 Å². The minimum absolute atomic E-state index is 0.0345. The summed E-state index contributed by atoms with van der Waals surface area (Å²) in [7, 11) is -2.87. The Morgan fingerprint density at radius 1 is 1.04 bits per heavy atom. The fourth-order valence-electron chi connectivity index (χ4n) is 2.20. The van der Waals surface area contributed by atoms with Crippen LogP contribution in [0.4, 0.5) is 13.2 Å². The molecule has 0 spiro atoms. The highest BCUT2D eigenvalue weighted by atomic mass is 32.2. The van der Waals surface area contributed by atoms with Crippen molar-refractivity contribution in [1.82, 2.24) is 4.31 Å².